The molecule has 7 heteroatoms. The number of benzene rings is 1. The van der Waals surface area contributed by atoms with Gasteiger partial charge in [-0.2, -0.15) is 0 Å². The highest BCUT2D eigenvalue weighted by Gasteiger charge is 2.16. The first-order valence-electron chi connectivity index (χ1n) is 5.58. The van der Waals surface area contributed by atoms with Crippen molar-refractivity contribution in [2.75, 3.05) is 0 Å². The molecular formula is C12H14N2O5. The van der Waals surface area contributed by atoms with Crippen LogP contribution in [0.3, 0.4) is 0 Å². The van der Waals surface area contributed by atoms with Crippen LogP contribution in [0, 0.1) is 17.0 Å². The smallest absolute Gasteiger partial charge is 0.305 e. The third-order valence-electron chi connectivity index (χ3n) is 2.39. The Bertz CT molecular complexity index is 527. The quantitative estimate of drug-likeness (QED) is 0.619. The number of nitro benzene ring substituents is 1. The maximum atomic E-state index is 11.8. The maximum absolute atomic E-state index is 11.8. The van der Waals surface area contributed by atoms with Crippen LogP contribution >= 0.6 is 0 Å². The number of hydrogen-bond acceptors (Lipinski definition) is 4. The summed E-state index contributed by atoms with van der Waals surface area (Å²) in [6, 6.07) is 3.48. The van der Waals surface area contributed by atoms with Gasteiger partial charge in [-0.05, 0) is 25.5 Å². The van der Waals surface area contributed by atoms with Crippen molar-refractivity contribution >= 4 is 17.6 Å². The fourth-order valence-electron chi connectivity index (χ4n) is 1.62. The lowest BCUT2D eigenvalue weighted by Gasteiger charge is -2.11. The van der Waals surface area contributed by atoms with Crippen molar-refractivity contribution in [1.82, 2.24) is 5.32 Å². The van der Waals surface area contributed by atoms with Gasteiger partial charge in [-0.1, -0.05) is 0 Å². The molecule has 7 nitrogen and oxygen atoms in total. The first-order valence-corrected chi connectivity index (χ1v) is 5.58. The molecule has 0 bridgehead atoms. The van der Waals surface area contributed by atoms with E-state index in [1.54, 1.807) is 13.8 Å². The number of nitrogens with one attached hydrogen (secondary N) is 1. The number of non-ortho nitro benzene ring substituents is 1. The van der Waals surface area contributed by atoms with Gasteiger partial charge in [-0.15, -0.1) is 0 Å². The number of rotatable bonds is 5. The predicted octanol–water partition coefficient (Wildman–Crippen LogP) is 1.50. The van der Waals surface area contributed by atoms with Crippen LogP contribution in [0.15, 0.2) is 18.2 Å². The highest BCUT2D eigenvalue weighted by Crippen LogP contribution is 2.16. The second kappa shape index (κ2) is 5.94. The van der Waals surface area contributed by atoms with Crippen molar-refractivity contribution in [2.24, 2.45) is 0 Å². The average molecular weight is 266 g/mol. The summed E-state index contributed by atoms with van der Waals surface area (Å²) < 4.78 is 0. The molecule has 0 aliphatic carbocycles. The molecule has 1 rings (SSSR count). The van der Waals surface area contributed by atoms with Gasteiger partial charge < -0.3 is 10.4 Å². The van der Waals surface area contributed by atoms with Gasteiger partial charge in [0.2, 0.25) is 0 Å². The Morgan fingerprint density at radius 2 is 2.05 bits per heavy atom. The van der Waals surface area contributed by atoms with Crippen molar-refractivity contribution in [3.8, 4) is 0 Å². The standard InChI is InChI=1S/C12H14N2O5/c1-7-3-9(6-10(4-7)14(18)19)12(17)13-8(2)5-11(15)16/h3-4,6,8H,5H2,1-2H3,(H,13,17)(H,15,16). The van der Waals surface area contributed by atoms with Gasteiger partial charge >= 0.3 is 5.97 Å². The SMILES string of the molecule is Cc1cc(C(=O)NC(C)CC(=O)O)cc([N+](=O)[O-])c1. The number of hydrogen-bond donors (Lipinski definition) is 2. The Morgan fingerprint density at radius 3 is 2.58 bits per heavy atom. The van der Waals surface area contributed by atoms with E-state index in [-0.39, 0.29) is 17.7 Å². The van der Waals surface area contributed by atoms with Gasteiger partial charge in [0.15, 0.2) is 0 Å². The molecule has 0 radical (unpaired) electrons. The first kappa shape index (κ1) is 14.6. The second-order valence-corrected chi connectivity index (χ2v) is 4.29. The zero-order valence-electron chi connectivity index (χ0n) is 10.5. The van der Waals surface area contributed by atoms with Crippen molar-refractivity contribution in [1.29, 1.82) is 0 Å². The monoisotopic (exact) mass is 266 g/mol. The van der Waals surface area contributed by atoms with Crippen LogP contribution in [0.1, 0.15) is 29.3 Å². The lowest BCUT2D eigenvalue weighted by molar-refractivity contribution is -0.384. The van der Waals surface area contributed by atoms with Gasteiger partial charge in [0, 0.05) is 23.7 Å². The second-order valence-electron chi connectivity index (χ2n) is 4.29. The predicted molar refractivity (Wildman–Crippen MR) is 67.0 cm³/mol. The molecule has 0 aliphatic rings. The van der Waals surface area contributed by atoms with Crippen molar-refractivity contribution in [3.63, 3.8) is 0 Å². The van der Waals surface area contributed by atoms with Crippen LogP contribution in [0.4, 0.5) is 5.69 Å². The average Bonchev–Trinajstić information content (AvgIpc) is 2.26. The van der Waals surface area contributed by atoms with Crippen LogP contribution < -0.4 is 5.32 Å². The summed E-state index contributed by atoms with van der Waals surface area (Å²) in [5.41, 5.74) is 0.560. The molecule has 0 aliphatic heterocycles. The summed E-state index contributed by atoms with van der Waals surface area (Å²) in [5, 5.41) is 21.8. The lowest BCUT2D eigenvalue weighted by Crippen LogP contribution is -2.34. The van der Waals surface area contributed by atoms with Crippen molar-refractivity contribution in [2.45, 2.75) is 26.3 Å². The molecule has 1 aromatic rings. The Kier molecular flexibility index (Phi) is 4.57. The molecule has 1 aromatic carbocycles. The number of carboxylic acid groups (broad SMARTS) is 1. The molecule has 0 heterocycles. The van der Waals surface area contributed by atoms with Gasteiger partial charge in [-0.25, -0.2) is 0 Å². The molecule has 0 saturated heterocycles. The Morgan fingerprint density at radius 1 is 1.42 bits per heavy atom. The summed E-state index contributed by atoms with van der Waals surface area (Å²) >= 11 is 0. The molecule has 19 heavy (non-hydrogen) atoms. The molecular weight excluding hydrogens is 252 g/mol. The van der Waals surface area contributed by atoms with Gasteiger partial charge in [0.25, 0.3) is 11.6 Å². The third-order valence-corrected chi connectivity index (χ3v) is 2.39. The van der Waals surface area contributed by atoms with Crippen LogP contribution in [0.2, 0.25) is 0 Å². The van der Waals surface area contributed by atoms with Crippen molar-refractivity contribution < 1.29 is 19.6 Å². The summed E-state index contributed by atoms with van der Waals surface area (Å²) in [7, 11) is 0. The van der Waals surface area contributed by atoms with Crippen LogP contribution in [-0.4, -0.2) is 27.9 Å². The maximum Gasteiger partial charge on any atom is 0.305 e. The molecule has 1 amide bonds. The summed E-state index contributed by atoms with van der Waals surface area (Å²) in [6.07, 6.45) is -0.209. The number of carbonyl (C=O) groups excluding carboxylic acids is 1. The number of carboxylic acids is 1. The van der Waals surface area contributed by atoms with E-state index in [0.717, 1.165) is 6.07 Å². The zero-order chi connectivity index (χ0) is 14.6. The van der Waals surface area contributed by atoms with Crippen LogP contribution in [0.25, 0.3) is 0 Å². The summed E-state index contributed by atoms with van der Waals surface area (Å²) in [5.74, 6) is -1.55. The van der Waals surface area contributed by atoms with E-state index in [4.69, 9.17) is 5.11 Å². The van der Waals surface area contributed by atoms with Gasteiger partial charge in [0.1, 0.15) is 0 Å². The van der Waals surface area contributed by atoms with Gasteiger partial charge in [0.05, 0.1) is 11.3 Å². The fourth-order valence-corrected chi connectivity index (χ4v) is 1.62. The van der Waals surface area contributed by atoms with E-state index in [2.05, 4.69) is 5.32 Å². The highest BCUT2D eigenvalue weighted by atomic mass is 16.6. The topological polar surface area (TPSA) is 110 Å². The number of nitro groups is 1. The minimum absolute atomic E-state index is 0.143. The summed E-state index contributed by atoms with van der Waals surface area (Å²) in [4.78, 5) is 32.4. The fraction of sp³-hybridized carbons (Fsp3) is 0.333. The summed E-state index contributed by atoms with van der Waals surface area (Å²) in [6.45, 7) is 3.20. The molecule has 0 spiro atoms. The Balaban J connectivity index is 2.88. The number of aliphatic carboxylic acids is 1. The van der Waals surface area contributed by atoms with E-state index in [1.165, 1.54) is 12.1 Å². The molecule has 2 N–H and O–H groups in total. The number of amides is 1. The van der Waals surface area contributed by atoms with Crippen molar-refractivity contribution in [3.05, 3.63) is 39.4 Å². The zero-order valence-corrected chi connectivity index (χ0v) is 10.5. The van der Waals surface area contributed by atoms with Crippen LogP contribution in [-0.2, 0) is 4.79 Å². The first-order chi connectivity index (χ1) is 8.79. The van der Waals surface area contributed by atoms with E-state index in [9.17, 15) is 19.7 Å². The number of nitrogens with zero attached hydrogens (tertiary/aromatic N) is 1. The van der Waals surface area contributed by atoms with Gasteiger partial charge in [-0.3, -0.25) is 19.7 Å². The normalized spacial score (nSPS) is 11.7. The molecule has 1 unspecified atom stereocenters. The lowest BCUT2D eigenvalue weighted by atomic mass is 10.1. The largest absolute Gasteiger partial charge is 0.481 e. The van der Waals surface area contributed by atoms with E-state index in [1.807, 2.05) is 0 Å². The third kappa shape index (κ3) is 4.38. The van der Waals surface area contributed by atoms with Crippen LogP contribution in [0.5, 0.6) is 0 Å². The molecule has 1 atom stereocenters. The number of carbonyl (C=O) groups is 2. The van der Waals surface area contributed by atoms with E-state index >= 15 is 0 Å². The van der Waals surface area contributed by atoms with E-state index < -0.39 is 22.8 Å². The molecule has 0 fully saturated rings. The van der Waals surface area contributed by atoms with E-state index in [0.29, 0.717) is 5.56 Å². The molecule has 102 valence electrons. The Hall–Kier alpha value is -2.44. The highest BCUT2D eigenvalue weighted by molar-refractivity contribution is 5.95. The molecule has 0 saturated carbocycles. The molecule has 0 aromatic heterocycles. The minimum Gasteiger partial charge on any atom is -0.481 e. The number of aryl methyl sites for hydroxylation is 1. The Labute approximate surface area is 109 Å². The minimum atomic E-state index is -1.02.